The van der Waals surface area contributed by atoms with E-state index < -0.39 is 6.68 Å². The number of halogens is 3. The molecule has 0 unspecified atom stereocenters. The molecule has 7 heteroatoms. The molecule has 0 bridgehead atoms. The molecule has 3 nitrogen and oxygen atoms in total. The Balaban J connectivity index is -0.0000000337. The first-order valence-corrected chi connectivity index (χ1v) is 2.85. The minimum absolute atomic E-state index is 0. The molecule has 0 saturated carbocycles. The minimum atomic E-state index is -3.08. The van der Waals surface area contributed by atoms with Gasteiger partial charge < -0.3 is 13.2 Å². The van der Waals surface area contributed by atoms with Gasteiger partial charge in [-0.2, -0.15) is 18.2 Å². The summed E-state index contributed by atoms with van der Waals surface area (Å²) in [6.45, 7) is 10.4. The molecule has 16 heavy (non-hydrogen) atoms. The molecule has 0 aliphatic carbocycles. The van der Waals surface area contributed by atoms with Crippen LogP contribution in [0, 0.1) is 26.6 Å². The average molecular weight is 314 g/mol. The van der Waals surface area contributed by atoms with Gasteiger partial charge in [0.15, 0.2) is 6.68 Å². The van der Waals surface area contributed by atoms with E-state index in [0.29, 0.717) is 0 Å². The van der Waals surface area contributed by atoms with Crippen LogP contribution in [0.1, 0.15) is 0 Å². The van der Waals surface area contributed by atoms with E-state index in [1.165, 1.54) is 0 Å². The minimum Gasteiger partial charge on any atom is -0.214 e. The second-order valence-electron chi connectivity index (χ2n) is 1.18. The largest absolute Gasteiger partial charge is 0.214 e. The Hall–Kier alpha value is -0.952. The maximum absolute atomic E-state index is 9.58. The molecule has 1 aromatic carbocycles. The van der Waals surface area contributed by atoms with Gasteiger partial charge in [0, 0.05) is 21.1 Å². The van der Waals surface area contributed by atoms with E-state index in [1.807, 2.05) is 30.3 Å². The van der Waals surface area contributed by atoms with E-state index in [-0.39, 0.29) is 21.1 Å². The summed E-state index contributed by atoms with van der Waals surface area (Å²) in [5, 5.41) is 0. The number of rotatable bonds is 0. The summed E-state index contributed by atoms with van der Waals surface area (Å²) >= 11 is 0. The maximum Gasteiger partial charge on any atom is 0 e. The van der Waals surface area contributed by atoms with Crippen molar-refractivity contribution in [1.29, 1.82) is 0 Å². The molecular formula is C9H5F3MoO3-2. The fourth-order valence-corrected chi connectivity index (χ4v) is 0.321. The Morgan fingerprint density at radius 1 is 0.812 bits per heavy atom. The second kappa shape index (κ2) is 48.1. The molecule has 0 aromatic heterocycles. The molecule has 0 amide bonds. The Kier molecular flexibility index (Phi) is 88.5. The fourth-order valence-electron chi connectivity index (χ4n) is 0.321. The van der Waals surface area contributed by atoms with E-state index in [9.17, 15) is 13.2 Å². The zero-order valence-electron chi connectivity index (χ0n) is 7.65. The van der Waals surface area contributed by atoms with Crippen LogP contribution >= 0.6 is 0 Å². The molecule has 0 aliphatic rings. The molecule has 0 saturated heterocycles. The van der Waals surface area contributed by atoms with Crippen molar-refractivity contribution in [2.24, 2.45) is 0 Å². The van der Waals surface area contributed by atoms with Crippen LogP contribution in [0.15, 0.2) is 30.3 Å². The van der Waals surface area contributed by atoms with Crippen molar-refractivity contribution in [3.8, 4) is 0 Å². The first-order chi connectivity index (χ1) is 7.23. The van der Waals surface area contributed by atoms with Gasteiger partial charge in [-0.25, -0.2) is 12.1 Å². The topological polar surface area (TPSA) is 59.7 Å². The van der Waals surface area contributed by atoms with Gasteiger partial charge in [0.05, 0.1) is 0 Å². The van der Waals surface area contributed by atoms with E-state index in [0.717, 1.165) is 0 Å². The van der Waals surface area contributed by atoms with Crippen molar-refractivity contribution >= 4 is 0 Å². The van der Waals surface area contributed by atoms with Crippen LogP contribution in [0.5, 0.6) is 0 Å². The predicted octanol–water partition coefficient (Wildman–Crippen LogP) is 2.63. The molecule has 88 valence electrons. The van der Waals surface area contributed by atoms with E-state index in [1.54, 1.807) is 0 Å². The number of hydrogen-bond donors (Lipinski definition) is 0. The molecule has 0 radical (unpaired) electrons. The van der Waals surface area contributed by atoms with Crippen LogP contribution in [0.3, 0.4) is 0 Å². The van der Waals surface area contributed by atoms with Gasteiger partial charge in [-0.3, -0.25) is 0 Å². The van der Waals surface area contributed by atoms with Gasteiger partial charge in [-0.15, -0.1) is 0 Å². The zero-order chi connectivity index (χ0) is 13.1. The molecular weight excluding hydrogens is 309 g/mol. The smallest absolute Gasteiger partial charge is 0 e. The quantitative estimate of drug-likeness (QED) is 0.402. The number of hydrogen-bond acceptors (Lipinski definition) is 0. The predicted molar refractivity (Wildman–Crippen MR) is 40.4 cm³/mol. The van der Waals surface area contributed by atoms with E-state index >= 15 is 0 Å². The van der Waals surface area contributed by atoms with Gasteiger partial charge in [0.25, 0.3) is 0 Å². The summed E-state index contributed by atoms with van der Waals surface area (Å²) in [7, 11) is 0. The van der Waals surface area contributed by atoms with E-state index in [4.69, 9.17) is 14.0 Å². The Morgan fingerprint density at radius 3 is 1.06 bits per heavy atom. The third kappa shape index (κ3) is 116. The molecule has 0 atom stereocenters. The first-order valence-electron chi connectivity index (χ1n) is 2.85. The van der Waals surface area contributed by atoms with Crippen molar-refractivity contribution in [3.05, 3.63) is 57.0 Å². The summed E-state index contributed by atoms with van der Waals surface area (Å²) in [6, 6.07) is 10.0. The summed E-state index contributed by atoms with van der Waals surface area (Å²) in [4.78, 5) is 0. The van der Waals surface area contributed by atoms with Gasteiger partial charge >= 0.3 is 33.9 Å². The van der Waals surface area contributed by atoms with Crippen molar-refractivity contribution in [2.75, 3.05) is 0 Å². The monoisotopic (exact) mass is 316 g/mol. The SMILES string of the molecule is F[C-](F)F.[C-]#[O+].[C-]#[O+].[C-]#[O+].[Mo].c1cc[cH-]c1. The third-order valence-corrected chi connectivity index (χ3v) is 0.556. The third-order valence-electron chi connectivity index (χ3n) is 0.556. The van der Waals surface area contributed by atoms with Crippen molar-refractivity contribution in [3.63, 3.8) is 0 Å². The van der Waals surface area contributed by atoms with Gasteiger partial charge in [0.2, 0.25) is 0 Å². The molecule has 0 spiro atoms. The molecule has 0 aliphatic heterocycles. The summed E-state index contributed by atoms with van der Waals surface area (Å²) < 4.78 is 51.2. The molecule has 0 N–H and O–H groups in total. The fraction of sp³-hybridized carbons (Fsp3) is 0. The Labute approximate surface area is 105 Å². The first kappa shape index (κ1) is 29.4. The molecule has 0 heterocycles. The van der Waals surface area contributed by atoms with Crippen molar-refractivity contribution in [1.82, 2.24) is 0 Å². The van der Waals surface area contributed by atoms with Crippen molar-refractivity contribution < 1.29 is 48.2 Å². The molecule has 1 aromatic rings. The Morgan fingerprint density at radius 2 is 1.00 bits per heavy atom. The average Bonchev–Trinajstić information content (AvgIpc) is 2.83. The summed E-state index contributed by atoms with van der Waals surface area (Å²) in [6.07, 6.45) is 0. The standard InChI is InChI=1S/C5H5.CF3.3CO.Mo/c1-2-4-5-3-1;2-1(3)4;3*1-2;/h1-5H;;;;;/q2*-1;;;;. The normalized spacial score (nSPS) is 5.12. The Bertz CT molecular complexity index is 185. The zero-order valence-corrected chi connectivity index (χ0v) is 9.66. The summed E-state index contributed by atoms with van der Waals surface area (Å²) in [5.41, 5.74) is 0. The van der Waals surface area contributed by atoms with Crippen LogP contribution in [-0.2, 0) is 35.0 Å². The van der Waals surface area contributed by atoms with E-state index in [2.05, 4.69) is 20.0 Å². The van der Waals surface area contributed by atoms with Crippen LogP contribution in [0.4, 0.5) is 13.2 Å². The maximum atomic E-state index is 9.58. The molecule has 1 rings (SSSR count). The molecule has 0 fully saturated rings. The van der Waals surface area contributed by atoms with Crippen LogP contribution < -0.4 is 0 Å². The van der Waals surface area contributed by atoms with Crippen LogP contribution in [-0.4, -0.2) is 0 Å². The van der Waals surface area contributed by atoms with Crippen molar-refractivity contribution in [2.45, 2.75) is 0 Å². The van der Waals surface area contributed by atoms with Gasteiger partial charge in [-0.05, 0) is 0 Å². The van der Waals surface area contributed by atoms with Crippen LogP contribution in [0.25, 0.3) is 0 Å². The van der Waals surface area contributed by atoms with Crippen LogP contribution in [0.2, 0.25) is 0 Å². The second-order valence-corrected chi connectivity index (χ2v) is 1.18. The van der Waals surface area contributed by atoms with Gasteiger partial charge in [0.1, 0.15) is 0 Å². The van der Waals surface area contributed by atoms with Gasteiger partial charge in [-0.1, -0.05) is 0 Å². The summed E-state index contributed by atoms with van der Waals surface area (Å²) in [5.74, 6) is 0.